The van der Waals surface area contributed by atoms with Gasteiger partial charge in [0.1, 0.15) is 11.6 Å². The lowest BCUT2D eigenvalue weighted by Gasteiger charge is -2.22. The molecule has 0 aliphatic carbocycles. The van der Waals surface area contributed by atoms with E-state index in [4.69, 9.17) is 10.1 Å². The predicted octanol–water partition coefficient (Wildman–Crippen LogP) is 5.84. The SMILES string of the molecule is CCc1ccc(OCCCn2cc(/C=C3/C(=N)N4C=C(C)SC4=NC3=O)c3ccccc32)cc1. The molecule has 0 fully saturated rings. The lowest BCUT2D eigenvalue weighted by molar-refractivity contribution is -0.114. The Labute approximate surface area is 203 Å². The highest BCUT2D eigenvalue weighted by atomic mass is 32.2. The number of amidine groups is 2. The molecular weight excluding hydrogens is 444 g/mol. The number of benzene rings is 2. The molecule has 1 amide bonds. The number of para-hydroxylation sites is 1. The molecule has 0 saturated carbocycles. The lowest BCUT2D eigenvalue weighted by Crippen LogP contribution is -2.35. The summed E-state index contributed by atoms with van der Waals surface area (Å²) >= 11 is 1.42. The van der Waals surface area contributed by atoms with Gasteiger partial charge < -0.3 is 9.30 Å². The molecule has 2 aliphatic heterocycles. The van der Waals surface area contributed by atoms with E-state index in [0.29, 0.717) is 17.3 Å². The Bertz CT molecular complexity index is 1370. The molecule has 0 unspecified atom stereocenters. The van der Waals surface area contributed by atoms with Crippen molar-refractivity contribution >= 4 is 45.7 Å². The van der Waals surface area contributed by atoms with E-state index < -0.39 is 0 Å². The average Bonchev–Trinajstić information content (AvgIpc) is 3.39. The van der Waals surface area contributed by atoms with Crippen molar-refractivity contribution in [1.29, 1.82) is 5.41 Å². The molecule has 3 heterocycles. The number of aromatic nitrogens is 1. The van der Waals surface area contributed by atoms with Crippen LogP contribution in [0, 0.1) is 5.41 Å². The molecule has 3 aromatic rings. The first kappa shape index (κ1) is 22.2. The number of ether oxygens (including phenoxy) is 1. The van der Waals surface area contributed by atoms with E-state index >= 15 is 0 Å². The smallest absolute Gasteiger partial charge is 0.283 e. The minimum absolute atomic E-state index is 0.165. The van der Waals surface area contributed by atoms with Crippen LogP contribution in [0.5, 0.6) is 5.75 Å². The van der Waals surface area contributed by atoms with Gasteiger partial charge in [-0.3, -0.25) is 15.1 Å². The van der Waals surface area contributed by atoms with Crippen LogP contribution in [0.1, 0.15) is 31.4 Å². The summed E-state index contributed by atoms with van der Waals surface area (Å²) in [4.78, 5) is 19.6. The van der Waals surface area contributed by atoms with Crippen molar-refractivity contribution in [1.82, 2.24) is 9.47 Å². The standard InChI is InChI=1S/C27H26N4O2S/c1-3-19-9-11-21(12-10-19)33-14-6-13-30-17-20(22-7-4-5-8-24(22)30)15-23-25(28)31-16-18(2)34-27(31)29-26(23)32/h4-5,7-12,15-17,28H,3,6,13-14H2,1-2H3/b23-15-,28-25?. The first-order valence-electron chi connectivity index (χ1n) is 11.4. The fraction of sp³-hybridized carbons (Fsp3) is 0.222. The molecule has 5 rings (SSSR count). The summed E-state index contributed by atoms with van der Waals surface area (Å²) in [6, 6.07) is 16.4. The number of thioether (sulfide) groups is 1. The summed E-state index contributed by atoms with van der Waals surface area (Å²) in [6.07, 6.45) is 7.56. The molecule has 2 aromatic carbocycles. The van der Waals surface area contributed by atoms with Gasteiger partial charge in [0, 0.05) is 40.3 Å². The van der Waals surface area contributed by atoms with E-state index in [1.54, 1.807) is 11.0 Å². The second-order valence-electron chi connectivity index (χ2n) is 8.31. The molecule has 1 N–H and O–H groups in total. The van der Waals surface area contributed by atoms with Gasteiger partial charge in [0.2, 0.25) is 0 Å². The summed E-state index contributed by atoms with van der Waals surface area (Å²) in [7, 11) is 0. The average molecular weight is 471 g/mol. The van der Waals surface area contributed by atoms with Crippen molar-refractivity contribution < 1.29 is 9.53 Å². The predicted molar refractivity (Wildman–Crippen MR) is 139 cm³/mol. The second-order valence-corrected chi connectivity index (χ2v) is 9.53. The normalized spacial score (nSPS) is 16.8. The van der Waals surface area contributed by atoms with Gasteiger partial charge in [-0.2, -0.15) is 4.99 Å². The Kier molecular flexibility index (Phi) is 6.11. The van der Waals surface area contributed by atoms with Crippen LogP contribution in [0.15, 0.2) is 76.4 Å². The Morgan fingerprint density at radius 1 is 1.15 bits per heavy atom. The summed E-state index contributed by atoms with van der Waals surface area (Å²) < 4.78 is 8.11. The number of rotatable bonds is 7. The Hall–Kier alpha value is -3.58. The second kappa shape index (κ2) is 9.35. The number of hydrogen-bond acceptors (Lipinski definition) is 4. The van der Waals surface area contributed by atoms with Crippen LogP contribution in [0.3, 0.4) is 0 Å². The number of nitrogens with one attached hydrogen (secondary N) is 1. The van der Waals surface area contributed by atoms with Crippen molar-refractivity contribution in [3.63, 3.8) is 0 Å². The largest absolute Gasteiger partial charge is 0.494 e. The molecule has 1 aromatic heterocycles. The van der Waals surface area contributed by atoms with Gasteiger partial charge in [-0.1, -0.05) is 49.0 Å². The third kappa shape index (κ3) is 4.31. The first-order valence-corrected chi connectivity index (χ1v) is 12.2. The highest BCUT2D eigenvalue weighted by Gasteiger charge is 2.33. The van der Waals surface area contributed by atoms with Gasteiger partial charge in [0.05, 0.1) is 12.2 Å². The number of carbonyl (C=O) groups is 1. The van der Waals surface area contributed by atoms with E-state index in [0.717, 1.165) is 46.5 Å². The van der Waals surface area contributed by atoms with Crippen molar-refractivity contribution in [2.45, 2.75) is 33.2 Å². The summed E-state index contributed by atoms with van der Waals surface area (Å²) in [6.45, 7) is 5.50. The van der Waals surface area contributed by atoms with E-state index in [9.17, 15) is 4.79 Å². The van der Waals surface area contributed by atoms with E-state index in [-0.39, 0.29) is 11.7 Å². The van der Waals surface area contributed by atoms with E-state index in [1.807, 2.05) is 49.7 Å². The number of aliphatic imine (C=N–C) groups is 1. The molecule has 6 nitrogen and oxygen atoms in total. The fourth-order valence-corrected chi connectivity index (χ4v) is 5.00. The quantitative estimate of drug-likeness (QED) is 0.348. The first-order chi connectivity index (χ1) is 16.5. The maximum atomic E-state index is 12.7. The molecule has 0 spiro atoms. The van der Waals surface area contributed by atoms with Gasteiger partial charge in [-0.25, -0.2) is 0 Å². The van der Waals surface area contributed by atoms with Crippen molar-refractivity contribution in [3.05, 3.63) is 82.5 Å². The lowest BCUT2D eigenvalue weighted by atomic mass is 10.1. The molecule has 34 heavy (non-hydrogen) atoms. The fourth-order valence-electron chi connectivity index (χ4n) is 4.18. The zero-order valence-electron chi connectivity index (χ0n) is 19.2. The summed E-state index contributed by atoms with van der Waals surface area (Å²) in [5.74, 6) is 0.684. The zero-order valence-corrected chi connectivity index (χ0v) is 20.1. The third-order valence-corrected chi connectivity index (χ3v) is 6.85. The number of carbonyl (C=O) groups excluding carboxylic acids is 1. The Morgan fingerprint density at radius 2 is 1.94 bits per heavy atom. The number of allylic oxidation sites excluding steroid dienone is 1. The zero-order chi connectivity index (χ0) is 23.7. The minimum Gasteiger partial charge on any atom is -0.494 e. The highest BCUT2D eigenvalue weighted by Crippen LogP contribution is 2.33. The highest BCUT2D eigenvalue weighted by molar-refractivity contribution is 8.17. The Balaban J connectivity index is 1.34. The van der Waals surface area contributed by atoms with Crippen LogP contribution in [0.25, 0.3) is 17.0 Å². The minimum atomic E-state index is -0.369. The Morgan fingerprint density at radius 3 is 2.74 bits per heavy atom. The van der Waals surface area contributed by atoms with Gasteiger partial charge in [-0.05, 0) is 49.6 Å². The molecular formula is C27H26N4O2S. The van der Waals surface area contributed by atoms with Crippen molar-refractivity contribution in [2.24, 2.45) is 4.99 Å². The molecule has 0 saturated heterocycles. The number of hydrogen-bond donors (Lipinski definition) is 1. The number of nitrogens with zero attached hydrogens (tertiary/aromatic N) is 3. The van der Waals surface area contributed by atoms with Gasteiger partial charge in [0.15, 0.2) is 5.17 Å². The monoisotopic (exact) mass is 470 g/mol. The van der Waals surface area contributed by atoms with E-state index in [1.165, 1.54) is 17.3 Å². The van der Waals surface area contributed by atoms with E-state index in [2.05, 4.69) is 34.7 Å². The maximum Gasteiger partial charge on any atom is 0.283 e. The number of fused-ring (bicyclic) bond motifs is 2. The van der Waals surface area contributed by atoms with Crippen molar-refractivity contribution in [3.8, 4) is 5.75 Å². The van der Waals surface area contributed by atoms with Crippen LogP contribution in [0.2, 0.25) is 0 Å². The molecule has 7 heteroatoms. The molecule has 0 atom stereocenters. The number of aryl methyl sites for hydroxylation is 2. The topological polar surface area (TPSA) is 70.7 Å². The van der Waals surface area contributed by atoms with Crippen LogP contribution >= 0.6 is 11.8 Å². The van der Waals surface area contributed by atoms with Gasteiger partial charge in [0.25, 0.3) is 5.91 Å². The van der Waals surface area contributed by atoms with Crippen LogP contribution < -0.4 is 4.74 Å². The number of amides is 1. The van der Waals surface area contributed by atoms with Crippen LogP contribution in [-0.4, -0.2) is 33.0 Å². The molecule has 0 radical (unpaired) electrons. The molecule has 2 aliphatic rings. The van der Waals surface area contributed by atoms with Crippen LogP contribution in [-0.2, 0) is 17.8 Å². The van der Waals surface area contributed by atoms with Crippen molar-refractivity contribution in [2.75, 3.05) is 6.61 Å². The van der Waals surface area contributed by atoms with Gasteiger partial charge in [-0.15, -0.1) is 0 Å². The van der Waals surface area contributed by atoms with Crippen LogP contribution in [0.4, 0.5) is 0 Å². The maximum absolute atomic E-state index is 12.7. The third-order valence-electron chi connectivity index (χ3n) is 5.96. The summed E-state index contributed by atoms with van der Waals surface area (Å²) in [5.41, 5.74) is 3.60. The molecule has 172 valence electrons. The molecule has 0 bridgehead atoms. The van der Waals surface area contributed by atoms with Gasteiger partial charge >= 0.3 is 0 Å². The summed E-state index contributed by atoms with van der Waals surface area (Å²) in [5, 5.41) is 10.2.